The quantitative estimate of drug-likeness (QED) is 0.363. The van der Waals surface area contributed by atoms with Crippen LogP contribution in [0.25, 0.3) is 6.08 Å². The van der Waals surface area contributed by atoms with Crippen LogP contribution in [0.2, 0.25) is 0 Å². The molecule has 0 aromatic heterocycles. The van der Waals surface area contributed by atoms with Crippen molar-refractivity contribution in [2.75, 3.05) is 13.2 Å². The number of carbonyl (C=O) groups excluding carboxylic acids is 1. The normalized spacial score (nSPS) is 14.9. The number of rotatable bonds is 9. The molecule has 1 aliphatic rings. The van der Waals surface area contributed by atoms with E-state index in [9.17, 15) is 9.59 Å². The average Bonchev–Trinajstić information content (AvgIpc) is 3.00. The van der Waals surface area contributed by atoms with Gasteiger partial charge in [0.1, 0.15) is 10.9 Å². The van der Waals surface area contributed by atoms with Crippen molar-refractivity contribution in [3.8, 4) is 11.5 Å². The Morgan fingerprint density at radius 2 is 1.94 bits per heavy atom. The lowest BCUT2D eigenvalue weighted by atomic mass is 10.1. The van der Waals surface area contributed by atoms with Gasteiger partial charge in [-0.05, 0) is 48.4 Å². The van der Waals surface area contributed by atoms with Gasteiger partial charge in [0.2, 0.25) is 0 Å². The van der Waals surface area contributed by atoms with Crippen LogP contribution >= 0.6 is 39.9 Å². The lowest BCUT2D eigenvalue weighted by Gasteiger charge is -2.13. The summed E-state index contributed by atoms with van der Waals surface area (Å²) in [6.07, 6.45) is 1.57. The number of hydrogen-bond donors (Lipinski definition) is 1. The van der Waals surface area contributed by atoms with E-state index in [2.05, 4.69) is 15.9 Å². The Bertz CT molecular complexity index is 1020. The van der Waals surface area contributed by atoms with Crippen molar-refractivity contribution < 1.29 is 24.2 Å². The number of carbonyl (C=O) groups is 2. The molecule has 0 unspecified atom stereocenters. The maximum atomic E-state index is 12.6. The number of aliphatic carboxylic acids is 1. The van der Waals surface area contributed by atoms with Gasteiger partial charge in [0.15, 0.2) is 11.5 Å². The summed E-state index contributed by atoms with van der Waals surface area (Å²) in [5.41, 5.74) is 1.79. The Morgan fingerprint density at radius 1 is 1.19 bits per heavy atom. The number of thioether (sulfide) groups is 1. The lowest BCUT2D eigenvalue weighted by Crippen LogP contribution is -2.30. The van der Waals surface area contributed by atoms with E-state index in [1.165, 1.54) is 4.90 Å². The van der Waals surface area contributed by atoms with E-state index in [0.29, 0.717) is 33.9 Å². The second-order valence-corrected chi connectivity index (χ2v) is 9.12. The van der Waals surface area contributed by atoms with Crippen LogP contribution in [-0.2, 0) is 16.2 Å². The van der Waals surface area contributed by atoms with Gasteiger partial charge in [-0.3, -0.25) is 14.5 Å². The van der Waals surface area contributed by atoms with Gasteiger partial charge in [-0.15, -0.1) is 0 Å². The molecule has 162 valence electrons. The van der Waals surface area contributed by atoms with Gasteiger partial charge in [-0.25, -0.2) is 0 Å². The van der Waals surface area contributed by atoms with Gasteiger partial charge < -0.3 is 14.6 Å². The van der Waals surface area contributed by atoms with E-state index in [1.54, 1.807) is 12.1 Å². The number of ether oxygens (including phenoxy) is 2. The molecule has 0 aliphatic carbocycles. The fourth-order valence-corrected chi connectivity index (χ4v) is 4.37. The monoisotopic (exact) mass is 521 g/mol. The molecule has 1 aliphatic heterocycles. The van der Waals surface area contributed by atoms with E-state index in [1.807, 2.05) is 43.3 Å². The molecule has 9 heteroatoms. The third-order valence-electron chi connectivity index (χ3n) is 4.30. The van der Waals surface area contributed by atoms with Crippen LogP contribution < -0.4 is 9.47 Å². The molecule has 2 aromatic carbocycles. The van der Waals surface area contributed by atoms with Gasteiger partial charge in [0.05, 0.1) is 17.9 Å². The number of thiocarbonyl (C=S) groups is 1. The van der Waals surface area contributed by atoms with Crippen LogP contribution in [0.1, 0.15) is 24.5 Å². The summed E-state index contributed by atoms with van der Waals surface area (Å²) in [5.74, 6) is -0.0754. The highest BCUT2D eigenvalue weighted by Gasteiger charge is 2.32. The first kappa shape index (κ1) is 23.3. The fourth-order valence-electron chi connectivity index (χ4n) is 2.80. The predicted molar refractivity (Wildman–Crippen MR) is 128 cm³/mol. The summed E-state index contributed by atoms with van der Waals surface area (Å²) in [5, 5.41) is 8.85. The van der Waals surface area contributed by atoms with Gasteiger partial charge in [-0.2, -0.15) is 0 Å². The molecule has 1 saturated heterocycles. The number of halogens is 1. The molecule has 6 nitrogen and oxygen atoms in total. The number of hydrogen-bond acceptors (Lipinski definition) is 6. The zero-order valence-electron chi connectivity index (χ0n) is 16.7. The number of nitrogens with zero attached hydrogens (tertiary/aromatic N) is 1. The summed E-state index contributed by atoms with van der Waals surface area (Å²) in [7, 11) is 0. The molecule has 3 rings (SSSR count). The van der Waals surface area contributed by atoms with Crippen molar-refractivity contribution >= 4 is 62.2 Å². The minimum atomic E-state index is -0.974. The van der Waals surface area contributed by atoms with Crippen LogP contribution in [0.4, 0.5) is 0 Å². The van der Waals surface area contributed by atoms with Crippen LogP contribution in [-0.4, -0.2) is 39.4 Å². The molecule has 1 fully saturated rings. The molecule has 0 saturated carbocycles. The van der Waals surface area contributed by atoms with Crippen LogP contribution in [0.5, 0.6) is 11.5 Å². The third-order valence-corrected chi connectivity index (χ3v) is 6.20. The molecule has 0 radical (unpaired) electrons. The lowest BCUT2D eigenvalue weighted by molar-refractivity contribution is -0.137. The molecule has 1 amide bonds. The Labute approximate surface area is 198 Å². The summed E-state index contributed by atoms with van der Waals surface area (Å²) in [6.45, 7) is 2.81. The Balaban J connectivity index is 1.75. The number of carboxylic acids is 1. The molecular weight excluding hydrogens is 502 g/mol. The number of benzene rings is 2. The van der Waals surface area contributed by atoms with Crippen molar-refractivity contribution in [2.24, 2.45) is 0 Å². The first-order valence-electron chi connectivity index (χ1n) is 9.48. The molecule has 0 atom stereocenters. The van der Waals surface area contributed by atoms with Gasteiger partial charge >= 0.3 is 5.97 Å². The largest absolute Gasteiger partial charge is 0.490 e. The van der Waals surface area contributed by atoms with Crippen LogP contribution in [0, 0.1) is 0 Å². The minimum Gasteiger partial charge on any atom is -0.490 e. The van der Waals surface area contributed by atoms with Crippen LogP contribution in [0.3, 0.4) is 0 Å². The molecule has 0 bridgehead atoms. The average molecular weight is 522 g/mol. The molecule has 31 heavy (non-hydrogen) atoms. The molecular formula is C22H20BrNO5S2. The van der Waals surface area contributed by atoms with Crippen molar-refractivity contribution in [1.29, 1.82) is 0 Å². The number of carboxylic acid groups (broad SMARTS) is 1. The van der Waals surface area contributed by atoms with Crippen molar-refractivity contribution in [1.82, 2.24) is 4.90 Å². The van der Waals surface area contributed by atoms with E-state index in [0.717, 1.165) is 27.4 Å². The number of amides is 1. The van der Waals surface area contributed by atoms with E-state index in [-0.39, 0.29) is 18.9 Å². The minimum absolute atomic E-state index is 0.0599. The zero-order chi connectivity index (χ0) is 22.4. The molecule has 1 N–H and O–H groups in total. The molecule has 0 spiro atoms. The van der Waals surface area contributed by atoms with E-state index >= 15 is 0 Å². The molecule has 1 heterocycles. The standard InChI is InChI=1S/C22H20BrNO5S2/c1-2-28-18-11-15(5-8-17(18)29-13-14-3-6-16(23)7-4-14)12-19-21(27)24(22(30)31-19)10-9-20(25)26/h3-8,11-12H,2,9-10,13H2,1H3,(H,25,26)/b19-12+. The Hall–Kier alpha value is -2.36. The van der Waals surface area contributed by atoms with E-state index in [4.69, 9.17) is 26.8 Å². The second kappa shape index (κ2) is 10.8. The highest BCUT2D eigenvalue weighted by atomic mass is 79.9. The smallest absolute Gasteiger partial charge is 0.305 e. The SMILES string of the molecule is CCOc1cc(/C=C2/SC(=S)N(CCC(=O)O)C2=O)ccc1OCc1ccc(Br)cc1. The Morgan fingerprint density at radius 3 is 2.61 bits per heavy atom. The first-order valence-corrected chi connectivity index (χ1v) is 11.5. The molecule has 2 aromatic rings. The predicted octanol–water partition coefficient (Wildman–Crippen LogP) is 5.10. The topological polar surface area (TPSA) is 76.1 Å². The summed E-state index contributed by atoms with van der Waals surface area (Å²) in [4.78, 5) is 25.2. The maximum Gasteiger partial charge on any atom is 0.305 e. The summed E-state index contributed by atoms with van der Waals surface area (Å²) in [6, 6.07) is 13.3. The van der Waals surface area contributed by atoms with Gasteiger partial charge in [0, 0.05) is 11.0 Å². The second-order valence-electron chi connectivity index (χ2n) is 6.53. The van der Waals surface area contributed by atoms with Crippen LogP contribution in [0.15, 0.2) is 51.8 Å². The first-order chi connectivity index (χ1) is 14.9. The fraction of sp³-hybridized carbons (Fsp3) is 0.227. The third kappa shape index (κ3) is 6.32. The van der Waals surface area contributed by atoms with Crippen molar-refractivity contribution in [3.63, 3.8) is 0 Å². The van der Waals surface area contributed by atoms with Crippen molar-refractivity contribution in [2.45, 2.75) is 20.0 Å². The summed E-state index contributed by atoms with van der Waals surface area (Å²) < 4.78 is 13.0. The highest BCUT2D eigenvalue weighted by molar-refractivity contribution is 9.10. The van der Waals surface area contributed by atoms with Gasteiger partial charge in [-0.1, -0.05) is 58.1 Å². The maximum absolute atomic E-state index is 12.6. The highest BCUT2D eigenvalue weighted by Crippen LogP contribution is 2.35. The zero-order valence-corrected chi connectivity index (χ0v) is 19.9. The summed E-state index contributed by atoms with van der Waals surface area (Å²) >= 11 is 9.80. The Kier molecular flexibility index (Phi) is 8.11. The van der Waals surface area contributed by atoms with Gasteiger partial charge in [0.25, 0.3) is 5.91 Å². The van der Waals surface area contributed by atoms with E-state index < -0.39 is 5.97 Å². The van der Waals surface area contributed by atoms with Crippen molar-refractivity contribution in [3.05, 3.63) is 63.0 Å².